The van der Waals surface area contributed by atoms with Crippen LogP contribution in [-0.2, 0) is 80.3 Å². The minimum absolute atomic E-state index is 0.00489. The molecule has 0 aliphatic rings. The van der Waals surface area contributed by atoms with E-state index in [-0.39, 0.29) is 19.8 Å². The van der Waals surface area contributed by atoms with Gasteiger partial charge in [0, 0.05) is 17.3 Å². The lowest BCUT2D eigenvalue weighted by molar-refractivity contribution is 0.260. The van der Waals surface area contributed by atoms with E-state index in [4.69, 9.17) is 13.7 Å². The van der Waals surface area contributed by atoms with Gasteiger partial charge >= 0.3 is 31.2 Å². The minimum Gasteiger partial charge on any atom is -0.264 e. The van der Waals surface area contributed by atoms with Gasteiger partial charge in [0.2, 0.25) is 0 Å². The summed E-state index contributed by atoms with van der Waals surface area (Å²) in [4.78, 5) is 0. The highest BCUT2D eigenvalue weighted by Crippen LogP contribution is 2.37. The van der Waals surface area contributed by atoms with Gasteiger partial charge in [-0.1, -0.05) is 59.3 Å². The molecule has 0 saturated heterocycles. The molecule has 1 aromatic rings. The van der Waals surface area contributed by atoms with E-state index in [9.17, 15) is 25.3 Å². The van der Waals surface area contributed by atoms with Crippen LogP contribution in [0.2, 0.25) is 0 Å². The Morgan fingerprint density at radius 3 is 0.843 bits per heavy atom. The third-order valence-corrected chi connectivity index (χ3v) is 12.8. The number of thioether (sulfide) groups is 3. The molecule has 0 atom stereocenters. The van der Waals surface area contributed by atoms with Gasteiger partial charge in [0.25, 0.3) is 0 Å². The second-order valence-corrected chi connectivity index (χ2v) is 18.7. The topological polar surface area (TPSA) is 191 Å². The summed E-state index contributed by atoms with van der Waals surface area (Å²) in [7, 11) is -13.1. The van der Waals surface area contributed by atoms with Crippen LogP contribution in [0.15, 0.2) is 0 Å². The summed E-state index contributed by atoms with van der Waals surface area (Å²) in [5, 5.41) is 0. The first kappa shape index (κ1) is 48.9. The van der Waals surface area contributed by atoms with Crippen molar-refractivity contribution in [1.82, 2.24) is 0 Å². The minimum atomic E-state index is -4.38. The molecular formula is C33H60O12S6. The van der Waals surface area contributed by atoms with Crippen molar-refractivity contribution in [2.75, 3.05) is 37.1 Å². The van der Waals surface area contributed by atoms with Crippen LogP contribution in [0.1, 0.15) is 131 Å². The Morgan fingerprint density at radius 1 is 0.392 bits per heavy atom. The molecule has 0 bridgehead atoms. The van der Waals surface area contributed by atoms with Crippen LogP contribution in [0, 0.1) is 0 Å². The molecular weight excluding hydrogens is 781 g/mol. The summed E-state index contributed by atoms with van der Waals surface area (Å²) in [5.41, 5.74) is 8.80. The molecule has 0 amide bonds. The molecule has 0 heterocycles. The normalized spacial score (nSPS) is 12.6. The van der Waals surface area contributed by atoms with Crippen molar-refractivity contribution in [2.24, 2.45) is 0 Å². The molecule has 1 aromatic carbocycles. The Hall–Kier alpha value is -0.120. The van der Waals surface area contributed by atoms with E-state index < -0.39 is 31.2 Å². The van der Waals surface area contributed by atoms with E-state index in [1.54, 1.807) is 0 Å². The standard InChI is InChI=1S/C33H60O12S6/c1-4-28-31(25-46-22-16-10-7-13-19-43-49(34,35)36)29(5-2)33(27-48-24-18-12-9-15-21-45-51(40,41)42)30(6-3)32(28)26-47-23-17-11-8-14-20-44-50(37,38)39/h4-27H2,1-3H3,(H,34,35,36)(H,37,38,39)(H,40,41,42). The molecule has 3 N–H and O–H groups in total. The van der Waals surface area contributed by atoms with Crippen LogP contribution in [0.25, 0.3) is 0 Å². The maximum absolute atomic E-state index is 10.7. The number of benzene rings is 1. The molecule has 0 spiro atoms. The van der Waals surface area contributed by atoms with Gasteiger partial charge < -0.3 is 0 Å². The summed E-state index contributed by atoms with van der Waals surface area (Å²) in [6, 6.07) is 0. The Morgan fingerprint density at radius 2 is 0.627 bits per heavy atom. The van der Waals surface area contributed by atoms with Gasteiger partial charge in [0.05, 0.1) is 19.8 Å². The lowest BCUT2D eigenvalue weighted by atomic mass is 9.85. The fourth-order valence-electron chi connectivity index (χ4n) is 5.89. The van der Waals surface area contributed by atoms with Crippen molar-refractivity contribution in [3.05, 3.63) is 33.4 Å². The van der Waals surface area contributed by atoms with E-state index >= 15 is 0 Å². The van der Waals surface area contributed by atoms with E-state index in [1.807, 2.05) is 35.3 Å². The molecule has 0 saturated carbocycles. The van der Waals surface area contributed by atoms with Crippen LogP contribution < -0.4 is 0 Å². The molecule has 51 heavy (non-hydrogen) atoms. The SMILES string of the molecule is CCc1c(CSCCCCCCOS(=O)(=O)O)c(CC)c(CSCCCCCCOS(=O)(=O)O)c(CC)c1CSCCCCCCOS(=O)(=O)O. The third-order valence-electron chi connectivity index (χ3n) is 8.23. The molecule has 0 radical (unpaired) electrons. The van der Waals surface area contributed by atoms with Gasteiger partial charge in [0.15, 0.2) is 0 Å². The van der Waals surface area contributed by atoms with Crippen molar-refractivity contribution in [3.8, 4) is 0 Å². The van der Waals surface area contributed by atoms with Gasteiger partial charge in [-0.2, -0.15) is 60.5 Å². The number of unbranched alkanes of at least 4 members (excludes halogenated alkanes) is 9. The Balaban J connectivity index is 2.93. The molecule has 18 heteroatoms. The number of rotatable bonds is 33. The lowest BCUT2D eigenvalue weighted by Gasteiger charge is -2.26. The Bertz CT molecular complexity index is 1240. The van der Waals surface area contributed by atoms with Gasteiger partial charge in [-0.05, 0) is 108 Å². The van der Waals surface area contributed by atoms with Crippen molar-refractivity contribution in [1.29, 1.82) is 0 Å². The summed E-state index contributed by atoms with van der Waals surface area (Å²) in [6.45, 7) is 6.72. The molecule has 0 aromatic heterocycles. The van der Waals surface area contributed by atoms with E-state index in [0.717, 1.165) is 112 Å². The Kier molecular flexibility index (Phi) is 26.3. The molecule has 0 aliphatic heterocycles. The zero-order valence-electron chi connectivity index (χ0n) is 30.4. The second kappa shape index (κ2) is 27.5. The maximum Gasteiger partial charge on any atom is 0.397 e. The zero-order chi connectivity index (χ0) is 38.2. The quantitative estimate of drug-likeness (QED) is 0.0453. The predicted molar refractivity (Wildman–Crippen MR) is 211 cm³/mol. The van der Waals surface area contributed by atoms with Crippen LogP contribution in [0.4, 0.5) is 0 Å². The van der Waals surface area contributed by atoms with Gasteiger partial charge in [0.1, 0.15) is 0 Å². The van der Waals surface area contributed by atoms with Crippen molar-refractivity contribution < 1.29 is 51.5 Å². The first-order valence-corrected chi connectivity index (χ1v) is 25.4. The molecule has 0 fully saturated rings. The van der Waals surface area contributed by atoms with E-state index in [2.05, 4.69) is 33.3 Å². The molecule has 1 rings (SSSR count). The third kappa shape index (κ3) is 24.1. The molecule has 0 aliphatic carbocycles. The summed E-state index contributed by atoms with van der Waals surface area (Å²) in [5.74, 6) is 5.82. The van der Waals surface area contributed by atoms with E-state index in [0.29, 0.717) is 19.3 Å². The van der Waals surface area contributed by atoms with Gasteiger partial charge in [-0.15, -0.1) is 0 Å². The second-order valence-electron chi connectivity index (χ2n) is 12.1. The average Bonchev–Trinajstić information content (AvgIpc) is 3.04. The van der Waals surface area contributed by atoms with Crippen molar-refractivity contribution in [3.63, 3.8) is 0 Å². The van der Waals surface area contributed by atoms with Crippen molar-refractivity contribution in [2.45, 2.75) is 134 Å². The molecule has 0 unspecified atom stereocenters. The predicted octanol–water partition coefficient (Wildman–Crippen LogP) is 8.21. The first-order chi connectivity index (χ1) is 24.1. The van der Waals surface area contributed by atoms with Crippen LogP contribution in [0.3, 0.4) is 0 Å². The van der Waals surface area contributed by atoms with Gasteiger partial charge in [-0.25, -0.2) is 12.5 Å². The summed E-state index contributed by atoms with van der Waals surface area (Å²) < 4.78 is 104. The highest BCUT2D eigenvalue weighted by molar-refractivity contribution is 7.99. The summed E-state index contributed by atoms with van der Waals surface area (Å²) >= 11 is 5.83. The first-order valence-electron chi connectivity index (χ1n) is 17.9. The van der Waals surface area contributed by atoms with Crippen molar-refractivity contribution >= 4 is 66.5 Å². The van der Waals surface area contributed by atoms with E-state index in [1.165, 1.54) is 33.4 Å². The van der Waals surface area contributed by atoms with Crippen LogP contribution in [-0.4, -0.2) is 76.0 Å². The lowest BCUT2D eigenvalue weighted by Crippen LogP contribution is -2.12. The fourth-order valence-corrected chi connectivity index (χ4v) is 10.2. The largest absolute Gasteiger partial charge is 0.397 e. The molecule has 12 nitrogen and oxygen atoms in total. The Labute approximate surface area is 321 Å². The highest BCUT2D eigenvalue weighted by Gasteiger charge is 2.21. The van der Waals surface area contributed by atoms with Crippen LogP contribution in [0.5, 0.6) is 0 Å². The number of hydrogen-bond donors (Lipinski definition) is 3. The number of hydrogen-bond acceptors (Lipinski definition) is 12. The highest BCUT2D eigenvalue weighted by atomic mass is 32.3. The average molecular weight is 841 g/mol. The summed E-state index contributed by atoms with van der Waals surface area (Å²) in [6.07, 6.45) is 13.1. The van der Waals surface area contributed by atoms with Gasteiger partial charge in [-0.3, -0.25) is 13.7 Å². The zero-order valence-corrected chi connectivity index (χ0v) is 35.3. The molecule has 300 valence electrons. The fraction of sp³-hybridized carbons (Fsp3) is 0.818. The van der Waals surface area contributed by atoms with Crippen LogP contribution >= 0.6 is 35.3 Å². The smallest absolute Gasteiger partial charge is 0.264 e. The monoisotopic (exact) mass is 840 g/mol. The maximum atomic E-state index is 10.7.